The molecule has 2 rings (SSSR count). The van der Waals surface area contributed by atoms with Crippen LogP contribution in [-0.2, 0) is 13.1 Å². The smallest absolute Gasteiger partial charge is 0.150 e. The standard InChI is InChI=1S/C13H14BrF2N3/c1-3-19-10(4-8(2)18-19)7-17-13-11(15)5-9(14)6-12(13)16/h4-6,17H,3,7H2,1-2H3. The highest BCUT2D eigenvalue weighted by molar-refractivity contribution is 9.10. The van der Waals surface area contributed by atoms with Gasteiger partial charge in [-0.3, -0.25) is 4.68 Å². The molecule has 0 aliphatic carbocycles. The molecule has 2 aromatic rings. The van der Waals surface area contributed by atoms with Gasteiger partial charge in [0.05, 0.1) is 17.9 Å². The quantitative estimate of drug-likeness (QED) is 0.922. The molecule has 102 valence electrons. The third kappa shape index (κ3) is 3.12. The minimum absolute atomic E-state index is 0.121. The molecule has 1 heterocycles. The molecule has 0 amide bonds. The first kappa shape index (κ1) is 14.0. The summed E-state index contributed by atoms with van der Waals surface area (Å²) < 4.78 is 29.5. The van der Waals surface area contributed by atoms with Gasteiger partial charge in [-0.2, -0.15) is 5.10 Å². The average Bonchev–Trinajstić information content (AvgIpc) is 2.68. The molecule has 1 N–H and O–H groups in total. The molecule has 3 nitrogen and oxygen atoms in total. The normalized spacial score (nSPS) is 10.8. The average molecular weight is 330 g/mol. The number of hydrogen-bond acceptors (Lipinski definition) is 2. The monoisotopic (exact) mass is 329 g/mol. The van der Waals surface area contributed by atoms with Crippen LogP contribution in [0.5, 0.6) is 0 Å². The topological polar surface area (TPSA) is 29.9 Å². The van der Waals surface area contributed by atoms with Crippen LogP contribution in [0.1, 0.15) is 18.3 Å². The summed E-state index contributed by atoms with van der Waals surface area (Å²) in [6.07, 6.45) is 0. The van der Waals surface area contributed by atoms with Gasteiger partial charge < -0.3 is 5.32 Å². The second kappa shape index (κ2) is 5.69. The van der Waals surface area contributed by atoms with Crippen molar-refractivity contribution in [2.75, 3.05) is 5.32 Å². The van der Waals surface area contributed by atoms with Gasteiger partial charge in [-0.15, -0.1) is 0 Å². The Kier molecular flexibility index (Phi) is 4.19. The maximum Gasteiger partial charge on any atom is 0.150 e. The fraction of sp³-hybridized carbons (Fsp3) is 0.308. The number of nitrogens with one attached hydrogen (secondary N) is 1. The maximum absolute atomic E-state index is 13.6. The van der Waals surface area contributed by atoms with Crippen LogP contribution in [0.15, 0.2) is 22.7 Å². The zero-order chi connectivity index (χ0) is 14.0. The van der Waals surface area contributed by atoms with Crippen molar-refractivity contribution in [3.63, 3.8) is 0 Å². The number of benzene rings is 1. The van der Waals surface area contributed by atoms with Crippen LogP contribution in [-0.4, -0.2) is 9.78 Å². The van der Waals surface area contributed by atoms with Crippen LogP contribution in [0.3, 0.4) is 0 Å². The van der Waals surface area contributed by atoms with E-state index in [4.69, 9.17) is 0 Å². The van der Waals surface area contributed by atoms with Gasteiger partial charge in [0, 0.05) is 11.0 Å². The molecule has 19 heavy (non-hydrogen) atoms. The van der Waals surface area contributed by atoms with Crippen molar-refractivity contribution in [1.29, 1.82) is 0 Å². The highest BCUT2D eigenvalue weighted by Crippen LogP contribution is 2.24. The molecular weight excluding hydrogens is 316 g/mol. The molecule has 6 heteroatoms. The summed E-state index contributed by atoms with van der Waals surface area (Å²) >= 11 is 3.05. The second-order valence-electron chi connectivity index (χ2n) is 4.19. The first-order chi connectivity index (χ1) is 9.01. The van der Waals surface area contributed by atoms with Crippen LogP contribution >= 0.6 is 15.9 Å². The van der Waals surface area contributed by atoms with Gasteiger partial charge in [-0.05, 0) is 32.0 Å². The van der Waals surface area contributed by atoms with Crippen LogP contribution in [0, 0.1) is 18.6 Å². The Bertz CT molecular complexity index is 573. The maximum atomic E-state index is 13.6. The second-order valence-corrected chi connectivity index (χ2v) is 5.11. The minimum Gasteiger partial charge on any atom is -0.375 e. The summed E-state index contributed by atoms with van der Waals surface area (Å²) in [5.41, 5.74) is 1.65. The Morgan fingerprint density at radius 2 is 1.89 bits per heavy atom. The van der Waals surface area contributed by atoms with E-state index >= 15 is 0 Å². The zero-order valence-electron chi connectivity index (χ0n) is 10.7. The number of halogens is 3. The van der Waals surface area contributed by atoms with E-state index in [9.17, 15) is 8.78 Å². The van der Waals surface area contributed by atoms with Gasteiger partial charge in [0.25, 0.3) is 0 Å². The Morgan fingerprint density at radius 1 is 1.26 bits per heavy atom. The fourth-order valence-electron chi connectivity index (χ4n) is 1.91. The van der Waals surface area contributed by atoms with Gasteiger partial charge in [0.2, 0.25) is 0 Å². The van der Waals surface area contributed by atoms with Crippen molar-refractivity contribution < 1.29 is 8.78 Å². The molecule has 0 radical (unpaired) electrons. The summed E-state index contributed by atoms with van der Waals surface area (Å²) in [5.74, 6) is -1.24. The minimum atomic E-state index is -0.619. The largest absolute Gasteiger partial charge is 0.375 e. The SMILES string of the molecule is CCn1nc(C)cc1CNc1c(F)cc(Br)cc1F. The van der Waals surface area contributed by atoms with Gasteiger partial charge >= 0.3 is 0 Å². The number of nitrogens with zero attached hydrogens (tertiary/aromatic N) is 2. The number of aryl methyl sites for hydroxylation is 2. The molecule has 1 aromatic heterocycles. The molecule has 0 bridgehead atoms. The first-order valence-corrected chi connectivity index (χ1v) is 6.72. The van der Waals surface area contributed by atoms with Crippen molar-refractivity contribution in [3.05, 3.63) is 45.7 Å². The third-order valence-corrected chi connectivity index (χ3v) is 3.20. The van der Waals surface area contributed by atoms with Crippen LogP contribution < -0.4 is 5.32 Å². The third-order valence-electron chi connectivity index (χ3n) is 2.74. The van der Waals surface area contributed by atoms with E-state index in [1.165, 1.54) is 12.1 Å². The molecule has 0 fully saturated rings. The molecule has 0 aliphatic rings. The van der Waals surface area contributed by atoms with E-state index in [2.05, 4.69) is 26.3 Å². The number of anilines is 1. The Balaban J connectivity index is 2.19. The highest BCUT2D eigenvalue weighted by atomic mass is 79.9. The van der Waals surface area contributed by atoms with Crippen molar-refractivity contribution in [2.24, 2.45) is 0 Å². The lowest BCUT2D eigenvalue weighted by atomic mass is 10.2. The van der Waals surface area contributed by atoms with Crippen molar-refractivity contribution >= 4 is 21.6 Å². The summed E-state index contributed by atoms with van der Waals surface area (Å²) in [6.45, 7) is 4.90. The van der Waals surface area contributed by atoms with E-state index in [-0.39, 0.29) is 5.69 Å². The summed E-state index contributed by atoms with van der Waals surface area (Å²) in [5, 5.41) is 7.06. The van der Waals surface area contributed by atoms with Gasteiger partial charge in [-0.1, -0.05) is 15.9 Å². The van der Waals surface area contributed by atoms with Crippen molar-refractivity contribution in [1.82, 2.24) is 9.78 Å². The van der Waals surface area contributed by atoms with E-state index in [0.29, 0.717) is 11.0 Å². The van der Waals surface area contributed by atoms with Crippen LogP contribution in [0.4, 0.5) is 14.5 Å². The van der Waals surface area contributed by atoms with E-state index < -0.39 is 11.6 Å². The molecular formula is C13H14BrF2N3. The molecule has 0 spiro atoms. The van der Waals surface area contributed by atoms with Gasteiger partial charge in [0.15, 0.2) is 0 Å². The summed E-state index contributed by atoms with van der Waals surface area (Å²) in [6, 6.07) is 4.35. The predicted octanol–water partition coefficient (Wildman–Crippen LogP) is 3.86. The molecule has 1 aromatic carbocycles. The summed E-state index contributed by atoms with van der Waals surface area (Å²) in [7, 11) is 0. The molecule has 0 unspecified atom stereocenters. The molecule has 0 saturated carbocycles. The van der Waals surface area contributed by atoms with Crippen molar-refractivity contribution in [3.8, 4) is 0 Å². The number of rotatable bonds is 4. The predicted molar refractivity (Wildman–Crippen MR) is 74.0 cm³/mol. The molecule has 0 aliphatic heterocycles. The lowest BCUT2D eigenvalue weighted by Gasteiger charge is -2.10. The van der Waals surface area contributed by atoms with E-state index in [1.54, 1.807) is 4.68 Å². The summed E-state index contributed by atoms with van der Waals surface area (Å²) in [4.78, 5) is 0. The lowest BCUT2D eigenvalue weighted by molar-refractivity contribution is 0.583. The number of hydrogen-bond donors (Lipinski definition) is 1. The highest BCUT2D eigenvalue weighted by Gasteiger charge is 2.11. The van der Waals surface area contributed by atoms with Gasteiger partial charge in [-0.25, -0.2) is 8.78 Å². The Hall–Kier alpha value is -1.43. The van der Waals surface area contributed by atoms with E-state index in [0.717, 1.165) is 17.9 Å². The van der Waals surface area contributed by atoms with Crippen LogP contribution in [0.2, 0.25) is 0 Å². The van der Waals surface area contributed by atoms with E-state index in [1.807, 2.05) is 19.9 Å². The molecule has 0 saturated heterocycles. The Labute approximate surface area is 118 Å². The fourth-order valence-corrected chi connectivity index (χ4v) is 2.31. The van der Waals surface area contributed by atoms with Crippen LogP contribution in [0.25, 0.3) is 0 Å². The lowest BCUT2D eigenvalue weighted by Crippen LogP contribution is -2.09. The Morgan fingerprint density at radius 3 is 2.47 bits per heavy atom. The van der Waals surface area contributed by atoms with Gasteiger partial charge in [0.1, 0.15) is 17.3 Å². The number of aromatic nitrogens is 2. The zero-order valence-corrected chi connectivity index (χ0v) is 12.3. The molecule has 0 atom stereocenters. The van der Waals surface area contributed by atoms with Crippen molar-refractivity contribution in [2.45, 2.75) is 26.9 Å². The first-order valence-electron chi connectivity index (χ1n) is 5.93.